The summed E-state index contributed by atoms with van der Waals surface area (Å²) >= 11 is 0. The maximum Gasteiger partial charge on any atom is 0.258 e. The quantitative estimate of drug-likeness (QED) is 0.292. The van der Waals surface area contributed by atoms with E-state index in [9.17, 15) is 9.59 Å². The van der Waals surface area contributed by atoms with Crippen molar-refractivity contribution in [1.82, 2.24) is 4.98 Å². The zero-order valence-electron chi connectivity index (χ0n) is 20.4. The van der Waals surface area contributed by atoms with Crippen molar-refractivity contribution >= 4 is 23.2 Å². The molecule has 38 heavy (non-hydrogen) atoms. The standard InChI is InChI=1S/C32H23N3O3/c36-31(26-11-3-2-10-25(26)27-12-7-8-20-33-27)34-24-18-16-22(17-19-24)32(37)35-21-23-9-1-5-14-29(23)38-30-15-6-4-13-28(30)35/h1-20H,21H2,(H,34,36). The largest absolute Gasteiger partial charge is 0.455 e. The van der Waals surface area contributed by atoms with Crippen LogP contribution in [-0.2, 0) is 6.54 Å². The molecule has 0 unspecified atom stereocenters. The van der Waals surface area contributed by atoms with E-state index in [-0.39, 0.29) is 11.8 Å². The highest BCUT2D eigenvalue weighted by atomic mass is 16.5. The van der Waals surface area contributed by atoms with Crippen LogP contribution in [0.3, 0.4) is 0 Å². The molecule has 6 rings (SSSR count). The number of benzene rings is 4. The molecule has 1 aromatic heterocycles. The number of fused-ring (bicyclic) bond motifs is 2. The van der Waals surface area contributed by atoms with E-state index in [2.05, 4.69) is 10.3 Å². The first-order chi connectivity index (χ1) is 18.7. The molecule has 6 heteroatoms. The van der Waals surface area contributed by atoms with Crippen LogP contribution < -0.4 is 15.0 Å². The number of carbonyl (C=O) groups excluding carboxylic acids is 2. The number of anilines is 2. The number of para-hydroxylation sites is 3. The highest BCUT2D eigenvalue weighted by molar-refractivity contribution is 6.09. The van der Waals surface area contributed by atoms with Crippen molar-refractivity contribution in [2.75, 3.05) is 10.2 Å². The molecule has 1 aliphatic rings. The molecule has 0 saturated heterocycles. The van der Waals surface area contributed by atoms with Crippen molar-refractivity contribution in [3.63, 3.8) is 0 Å². The van der Waals surface area contributed by atoms with E-state index in [0.717, 1.165) is 22.6 Å². The lowest BCUT2D eigenvalue weighted by molar-refractivity contribution is 0.0984. The number of hydrogen-bond donors (Lipinski definition) is 1. The lowest BCUT2D eigenvalue weighted by Crippen LogP contribution is -2.29. The molecule has 0 aliphatic carbocycles. The molecule has 1 N–H and O–H groups in total. The lowest BCUT2D eigenvalue weighted by Gasteiger charge is -2.22. The number of amides is 2. The Morgan fingerprint density at radius 3 is 2.26 bits per heavy atom. The van der Waals surface area contributed by atoms with E-state index in [1.165, 1.54) is 0 Å². The number of aromatic nitrogens is 1. The minimum Gasteiger partial charge on any atom is -0.455 e. The normalized spacial score (nSPS) is 11.9. The molecule has 184 valence electrons. The van der Waals surface area contributed by atoms with Gasteiger partial charge in [0.2, 0.25) is 0 Å². The first-order valence-corrected chi connectivity index (χ1v) is 12.3. The van der Waals surface area contributed by atoms with Crippen molar-refractivity contribution in [2.45, 2.75) is 6.54 Å². The second-order valence-electron chi connectivity index (χ2n) is 8.86. The summed E-state index contributed by atoms with van der Waals surface area (Å²) in [5, 5.41) is 2.94. The molecule has 0 atom stereocenters. The predicted molar refractivity (Wildman–Crippen MR) is 148 cm³/mol. The SMILES string of the molecule is O=C(Nc1ccc(C(=O)N2Cc3ccccc3Oc3ccccc32)cc1)c1ccccc1-c1ccccn1. The number of hydrogen-bond acceptors (Lipinski definition) is 4. The molecule has 1 aliphatic heterocycles. The molecule has 2 amide bonds. The van der Waals surface area contributed by atoms with Crippen LogP contribution in [-0.4, -0.2) is 16.8 Å². The smallest absolute Gasteiger partial charge is 0.258 e. The maximum atomic E-state index is 13.7. The van der Waals surface area contributed by atoms with Gasteiger partial charge in [0.05, 0.1) is 17.9 Å². The van der Waals surface area contributed by atoms with Crippen LogP contribution in [0.25, 0.3) is 11.3 Å². The Labute approximate surface area is 220 Å². The fraction of sp³-hybridized carbons (Fsp3) is 0.0312. The third-order valence-corrected chi connectivity index (χ3v) is 6.42. The summed E-state index contributed by atoms with van der Waals surface area (Å²) in [5.74, 6) is 0.956. The van der Waals surface area contributed by atoms with E-state index < -0.39 is 0 Å². The van der Waals surface area contributed by atoms with E-state index >= 15 is 0 Å². The predicted octanol–water partition coefficient (Wildman–Crippen LogP) is 6.95. The topological polar surface area (TPSA) is 71.5 Å². The Kier molecular flexibility index (Phi) is 6.12. The fourth-order valence-corrected chi connectivity index (χ4v) is 4.53. The van der Waals surface area contributed by atoms with Crippen LogP contribution >= 0.6 is 0 Å². The van der Waals surface area contributed by atoms with Crippen LogP contribution in [0.5, 0.6) is 11.5 Å². The van der Waals surface area contributed by atoms with Gasteiger partial charge >= 0.3 is 0 Å². The molecule has 4 aromatic carbocycles. The Morgan fingerprint density at radius 1 is 0.737 bits per heavy atom. The van der Waals surface area contributed by atoms with Gasteiger partial charge in [0, 0.05) is 34.1 Å². The molecule has 5 aromatic rings. The van der Waals surface area contributed by atoms with Gasteiger partial charge in [-0.2, -0.15) is 0 Å². The fourth-order valence-electron chi connectivity index (χ4n) is 4.53. The summed E-state index contributed by atoms with van der Waals surface area (Å²) in [5.41, 5.74) is 4.72. The minimum absolute atomic E-state index is 0.156. The van der Waals surface area contributed by atoms with Gasteiger partial charge in [-0.1, -0.05) is 54.6 Å². The van der Waals surface area contributed by atoms with E-state index in [4.69, 9.17) is 4.74 Å². The second-order valence-corrected chi connectivity index (χ2v) is 8.86. The minimum atomic E-state index is -0.250. The van der Waals surface area contributed by atoms with Crippen molar-refractivity contribution in [1.29, 1.82) is 0 Å². The van der Waals surface area contributed by atoms with Crippen molar-refractivity contribution in [3.05, 3.63) is 138 Å². The van der Waals surface area contributed by atoms with Crippen LogP contribution in [0.4, 0.5) is 11.4 Å². The van der Waals surface area contributed by atoms with Crippen LogP contribution in [0.1, 0.15) is 26.3 Å². The molecule has 0 saturated carbocycles. The van der Waals surface area contributed by atoms with Crippen LogP contribution in [0.15, 0.2) is 121 Å². The summed E-state index contributed by atoms with van der Waals surface area (Å²) < 4.78 is 6.12. The van der Waals surface area contributed by atoms with Crippen LogP contribution in [0.2, 0.25) is 0 Å². The average Bonchev–Trinajstić information content (AvgIpc) is 3.14. The van der Waals surface area contributed by atoms with Gasteiger partial charge in [-0.15, -0.1) is 0 Å². The van der Waals surface area contributed by atoms with Gasteiger partial charge in [-0.25, -0.2) is 0 Å². The summed E-state index contributed by atoms with van der Waals surface area (Å²) in [7, 11) is 0. The molecule has 6 nitrogen and oxygen atoms in total. The Hall–Kier alpha value is -5.23. The molecule has 0 bridgehead atoms. The van der Waals surface area contributed by atoms with Gasteiger partial charge in [-0.3, -0.25) is 14.6 Å². The molecular formula is C32H23N3O3. The maximum absolute atomic E-state index is 13.7. The summed E-state index contributed by atoms with van der Waals surface area (Å²) in [6.45, 7) is 0.384. The van der Waals surface area contributed by atoms with Gasteiger partial charge in [0.25, 0.3) is 11.8 Å². The third kappa shape index (κ3) is 4.51. The number of pyridine rings is 1. The van der Waals surface area contributed by atoms with Gasteiger partial charge < -0.3 is 15.0 Å². The molecule has 0 radical (unpaired) electrons. The summed E-state index contributed by atoms with van der Waals surface area (Å²) in [4.78, 5) is 32.9. The molecule has 0 fully saturated rings. The van der Waals surface area contributed by atoms with E-state index in [0.29, 0.717) is 34.8 Å². The number of ether oxygens (including phenoxy) is 1. The van der Waals surface area contributed by atoms with E-state index in [1.54, 1.807) is 41.4 Å². The van der Waals surface area contributed by atoms with Gasteiger partial charge in [0.15, 0.2) is 5.75 Å². The number of carbonyl (C=O) groups is 2. The molecular weight excluding hydrogens is 474 g/mol. The lowest BCUT2D eigenvalue weighted by atomic mass is 10.0. The van der Waals surface area contributed by atoms with Gasteiger partial charge in [-0.05, 0) is 60.7 Å². The number of rotatable bonds is 4. The molecule has 2 heterocycles. The average molecular weight is 498 g/mol. The van der Waals surface area contributed by atoms with Crippen molar-refractivity contribution < 1.29 is 14.3 Å². The number of nitrogens with one attached hydrogen (secondary N) is 1. The summed E-state index contributed by atoms with van der Waals surface area (Å²) in [6.07, 6.45) is 1.70. The van der Waals surface area contributed by atoms with E-state index in [1.807, 2.05) is 84.9 Å². The second kappa shape index (κ2) is 10.0. The van der Waals surface area contributed by atoms with Crippen molar-refractivity contribution in [2.24, 2.45) is 0 Å². The Morgan fingerprint density at radius 2 is 1.45 bits per heavy atom. The third-order valence-electron chi connectivity index (χ3n) is 6.42. The Balaban J connectivity index is 1.24. The highest BCUT2D eigenvalue weighted by Crippen LogP contribution is 2.39. The van der Waals surface area contributed by atoms with Crippen molar-refractivity contribution in [3.8, 4) is 22.8 Å². The Bertz CT molecular complexity index is 1630. The molecule has 0 spiro atoms. The first kappa shape index (κ1) is 23.2. The first-order valence-electron chi connectivity index (χ1n) is 12.3. The number of nitrogens with zero attached hydrogens (tertiary/aromatic N) is 2. The highest BCUT2D eigenvalue weighted by Gasteiger charge is 2.26. The van der Waals surface area contributed by atoms with Crippen LogP contribution in [0, 0.1) is 0 Å². The summed E-state index contributed by atoms with van der Waals surface area (Å²) in [6, 6.07) is 35.1. The zero-order chi connectivity index (χ0) is 25.9. The van der Waals surface area contributed by atoms with Gasteiger partial charge in [0.1, 0.15) is 5.75 Å². The zero-order valence-corrected chi connectivity index (χ0v) is 20.4. The monoisotopic (exact) mass is 497 g/mol.